The zero-order valence-electron chi connectivity index (χ0n) is 21.8. The lowest BCUT2D eigenvalue weighted by Gasteiger charge is -2.54. The van der Waals surface area contributed by atoms with Crippen molar-refractivity contribution < 1.29 is 27.6 Å². The van der Waals surface area contributed by atoms with Gasteiger partial charge in [0.25, 0.3) is 5.91 Å². The van der Waals surface area contributed by atoms with E-state index in [9.17, 15) is 13.9 Å². The van der Waals surface area contributed by atoms with Crippen molar-refractivity contribution in [2.75, 3.05) is 5.75 Å². The van der Waals surface area contributed by atoms with Crippen LogP contribution in [0.15, 0.2) is 53.5 Å². The van der Waals surface area contributed by atoms with E-state index in [4.69, 9.17) is 14.3 Å². The normalized spacial score (nSPS) is 26.7. The lowest BCUT2D eigenvalue weighted by atomic mass is 9.76. The van der Waals surface area contributed by atoms with Crippen molar-refractivity contribution in [2.24, 2.45) is 4.99 Å². The smallest absolute Gasteiger partial charge is 0.399 e. The van der Waals surface area contributed by atoms with E-state index in [1.165, 1.54) is 6.07 Å². The molecule has 1 unspecified atom stereocenters. The van der Waals surface area contributed by atoms with E-state index in [-0.39, 0.29) is 17.2 Å². The number of amides is 1. The molecule has 1 saturated heterocycles. The Morgan fingerprint density at radius 2 is 1.58 bits per heavy atom. The maximum absolute atomic E-state index is 15.3. The molecule has 1 fully saturated rings. The maximum Gasteiger partial charge on any atom is 0.494 e. The second-order valence-electron chi connectivity index (χ2n) is 11.2. The van der Waals surface area contributed by atoms with Gasteiger partial charge in [0.1, 0.15) is 21.9 Å². The van der Waals surface area contributed by atoms with E-state index in [1.54, 1.807) is 63.2 Å². The standard InChI is InChI=1S/C26H34BFN2O5S/c1-23(2)22(29-21(31)17-11-9-8-10-12-17)30-26(7,16-36(23,32)33)19-15-18(13-14-20(19)28)27-34-24(3,4)25(5,6)35-27/h8-15,32-33H,16H2,1-7H3,(H,29,30,31). The number of nitrogens with one attached hydrogen (secondary N) is 1. The van der Waals surface area contributed by atoms with Gasteiger partial charge in [0.2, 0.25) is 0 Å². The van der Waals surface area contributed by atoms with Crippen molar-refractivity contribution in [2.45, 2.75) is 70.0 Å². The summed E-state index contributed by atoms with van der Waals surface area (Å²) in [7, 11) is -4.08. The highest BCUT2D eigenvalue weighted by Crippen LogP contribution is 2.59. The minimum atomic E-state index is -3.35. The summed E-state index contributed by atoms with van der Waals surface area (Å²) in [5.41, 5.74) is -1.36. The summed E-state index contributed by atoms with van der Waals surface area (Å²) in [5, 5.41) is 2.76. The third kappa shape index (κ3) is 4.50. The first-order valence-electron chi connectivity index (χ1n) is 11.9. The van der Waals surface area contributed by atoms with Gasteiger partial charge in [0.05, 0.1) is 17.0 Å². The highest BCUT2D eigenvalue weighted by molar-refractivity contribution is 8.26. The number of nitrogens with zero attached hydrogens (tertiary/aromatic N) is 1. The van der Waals surface area contributed by atoms with Crippen LogP contribution < -0.4 is 10.8 Å². The van der Waals surface area contributed by atoms with E-state index >= 15 is 4.39 Å². The van der Waals surface area contributed by atoms with Crippen LogP contribution in [0.2, 0.25) is 0 Å². The summed E-state index contributed by atoms with van der Waals surface area (Å²) in [5.74, 6) is -1.11. The Morgan fingerprint density at radius 3 is 2.17 bits per heavy atom. The zero-order chi connectivity index (χ0) is 26.7. The van der Waals surface area contributed by atoms with Crippen LogP contribution in [0, 0.1) is 5.82 Å². The second-order valence-corrected chi connectivity index (χ2v) is 13.8. The van der Waals surface area contributed by atoms with Gasteiger partial charge in [-0.1, -0.05) is 30.3 Å². The average molecular weight is 516 g/mol. The summed E-state index contributed by atoms with van der Waals surface area (Å²) in [6.07, 6.45) is 0. The first-order chi connectivity index (χ1) is 16.5. The van der Waals surface area contributed by atoms with Crippen LogP contribution in [-0.4, -0.2) is 49.7 Å². The van der Waals surface area contributed by atoms with Gasteiger partial charge in [-0.15, -0.1) is 0 Å². The van der Waals surface area contributed by atoms with Gasteiger partial charge in [-0.2, -0.15) is 10.6 Å². The fourth-order valence-electron chi connectivity index (χ4n) is 4.31. The van der Waals surface area contributed by atoms with E-state index in [0.717, 1.165) is 0 Å². The van der Waals surface area contributed by atoms with Crippen LogP contribution in [0.25, 0.3) is 0 Å². The Bertz CT molecular complexity index is 1200. The molecule has 0 bridgehead atoms. The molecule has 4 rings (SSSR count). The van der Waals surface area contributed by atoms with Gasteiger partial charge in [0, 0.05) is 11.1 Å². The molecule has 2 aromatic rings. The van der Waals surface area contributed by atoms with Gasteiger partial charge >= 0.3 is 7.12 Å². The van der Waals surface area contributed by atoms with E-state index in [2.05, 4.69) is 5.32 Å². The van der Waals surface area contributed by atoms with Gasteiger partial charge in [-0.05, 0) is 72.1 Å². The molecule has 1 amide bonds. The Labute approximate surface area is 214 Å². The van der Waals surface area contributed by atoms with Crippen molar-refractivity contribution in [1.82, 2.24) is 5.32 Å². The maximum atomic E-state index is 15.3. The lowest BCUT2D eigenvalue weighted by Crippen LogP contribution is -2.55. The molecule has 0 aliphatic carbocycles. The fourth-order valence-corrected chi connectivity index (χ4v) is 6.08. The van der Waals surface area contributed by atoms with Crippen LogP contribution in [-0.2, 0) is 14.8 Å². The van der Waals surface area contributed by atoms with Crippen LogP contribution in [0.5, 0.6) is 0 Å². The number of hydrogen-bond donors (Lipinski definition) is 3. The number of benzene rings is 2. The molecular weight excluding hydrogens is 482 g/mol. The minimum Gasteiger partial charge on any atom is -0.399 e. The quantitative estimate of drug-likeness (QED) is 0.513. The monoisotopic (exact) mass is 516 g/mol. The Morgan fingerprint density at radius 1 is 1.00 bits per heavy atom. The average Bonchev–Trinajstić information content (AvgIpc) is 2.99. The van der Waals surface area contributed by atoms with E-state index < -0.39 is 50.9 Å². The predicted molar refractivity (Wildman–Crippen MR) is 143 cm³/mol. The summed E-state index contributed by atoms with van der Waals surface area (Å²) < 4.78 is 48.7. The topological polar surface area (TPSA) is 100 Å². The van der Waals surface area contributed by atoms with Crippen LogP contribution in [0.3, 0.4) is 0 Å². The molecule has 2 aromatic carbocycles. The Balaban J connectivity index is 1.76. The first kappa shape index (κ1) is 26.8. The van der Waals surface area contributed by atoms with Gasteiger partial charge < -0.3 is 14.6 Å². The van der Waals surface area contributed by atoms with Gasteiger partial charge in [-0.25, -0.2) is 4.39 Å². The predicted octanol–water partition coefficient (Wildman–Crippen LogP) is 4.71. The number of hydrogen-bond acceptors (Lipinski definition) is 6. The highest BCUT2D eigenvalue weighted by atomic mass is 32.3. The zero-order valence-corrected chi connectivity index (χ0v) is 22.6. The summed E-state index contributed by atoms with van der Waals surface area (Å²) >= 11 is 0. The van der Waals surface area contributed by atoms with E-state index in [1.807, 2.05) is 27.7 Å². The molecular formula is C26H34BFN2O5S. The number of carbonyl (C=O) groups is 1. The third-order valence-corrected chi connectivity index (χ3v) is 10.4. The summed E-state index contributed by atoms with van der Waals surface area (Å²) in [6, 6.07) is 13.1. The fraction of sp³-hybridized carbons (Fsp3) is 0.462. The Kier molecular flexibility index (Phi) is 6.46. The van der Waals surface area contributed by atoms with Crippen molar-refractivity contribution >= 4 is 34.9 Å². The molecule has 0 spiro atoms. The molecule has 10 heteroatoms. The number of carbonyl (C=O) groups excluding carboxylic acids is 1. The number of halogens is 1. The molecule has 2 heterocycles. The Hall–Kier alpha value is -2.24. The third-order valence-electron chi connectivity index (χ3n) is 7.59. The summed E-state index contributed by atoms with van der Waals surface area (Å²) in [4.78, 5) is 17.7. The van der Waals surface area contributed by atoms with Gasteiger partial charge in [-0.3, -0.25) is 18.9 Å². The van der Waals surface area contributed by atoms with Crippen molar-refractivity contribution in [3.63, 3.8) is 0 Å². The second kappa shape index (κ2) is 8.67. The molecule has 3 N–H and O–H groups in total. The van der Waals surface area contributed by atoms with Gasteiger partial charge in [0.15, 0.2) is 0 Å². The molecule has 0 radical (unpaired) electrons. The van der Waals surface area contributed by atoms with Crippen LogP contribution in [0.1, 0.15) is 64.4 Å². The van der Waals surface area contributed by atoms with Crippen molar-refractivity contribution in [1.29, 1.82) is 0 Å². The van der Waals surface area contributed by atoms with Crippen molar-refractivity contribution in [3.8, 4) is 0 Å². The molecule has 0 aromatic heterocycles. The minimum absolute atomic E-state index is 0.0885. The number of aliphatic imine (C=N–C) groups is 1. The number of amidine groups is 1. The van der Waals surface area contributed by atoms with E-state index in [0.29, 0.717) is 11.0 Å². The lowest BCUT2D eigenvalue weighted by molar-refractivity contribution is 0.00578. The van der Waals surface area contributed by atoms with Crippen molar-refractivity contribution in [3.05, 3.63) is 65.5 Å². The molecule has 0 saturated carbocycles. The molecule has 36 heavy (non-hydrogen) atoms. The SMILES string of the molecule is CC1(c2cc(B3OC(C)(C)C(C)(C)O3)ccc2F)CS(O)(O)C(C)(C)C(NC(=O)c2ccccc2)=N1. The first-order valence-corrected chi connectivity index (χ1v) is 13.6. The van der Waals surface area contributed by atoms with Crippen LogP contribution in [0.4, 0.5) is 4.39 Å². The largest absolute Gasteiger partial charge is 0.494 e. The van der Waals surface area contributed by atoms with Crippen LogP contribution >= 0.6 is 10.6 Å². The molecule has 1 atom stereocenters. The molecule has 194 valence electrons. The molecule has 7 nitrogen and oxygen atoms in total. The summed E-state index contributed by atoms with van der Waals surface area (Å²) in [6.45, 7) is 12.6. The number of rotatable bonds is 3. The molecule has 2 aliphatic heterocycles. The highest BCUT2D eigenvalue weighted by Gasteiger charge is 2.53. The molecule has 2 aliphatic rings.